The molecule has 0 radical (unpaired) electrons. The van der Waals surface area contributed by atoms with E-state index in [2.05, 4.69) is 34.6 Å². The number of urea groups is 1. The first-order chi connectivity index (χ1) is 12.1. The van der Waals surface area contributed by atoms with Gasteiger partial charge < -0.3 is 10.0 Å². The number of nitrogens with one attached hydrogen (secondary N) is 1. The Hall–Kier alpha value is -2.48. The number of amides is 2. The summed E-state index contributed by atoms with van der Waals surface area (Å²) >= 11 is 1.36. The number of likely N-dealkylation sites (tertiary alicyclic amines) is 1. The second-order valence-electron chi connectivity index (χ2n) is 6.02. The third kappa shape index (κ3) is 3.96. The number of hydrogen-bond donors (Lipinski definition) is 2. The highest BCUT2D eigenvalue weighted by Gasteiger charge is 2.31. The highest BCUT2D eigenvalue weighted by Crippen LogP contribution is 2.31. The lowest BCUT2D eigenvalue weighted by Gasteiger charge is -2.15. The minimum Gasteiger partial charge on any atom is -0.481 e. The van der Waals surface area contributed by atoms with E-state index in [1.54, 1.807) is 0 Å². The molecule has 2 heterocycles. The normalized spacial score (nSPS) is 18.1. The summed E-state index contributed by atoms with van der Waals surface area (Å²) in [5.41, 5.74) is 1.17. The van der Waals surface area contributed by atoms with Crippen LogP contribution in [0.25, 0.3) is 0 Å². The van der Waals surface area contributed by atoms with Gasteiger partial charge in [-0.3, -0.25) is 10.1 Å². The summed E-state index contributed by atoms with van der Waals surface area (Å²) in [6.07, 6.45) is 1.37. The molecule has 2 unspecified atom stereocenters. The maximum absolute atomic E-state index is 12.3. The van der Waals surface area contributed by atoms with E-state index in [0.29, 0.717) is 18.1 Å². The van der Waals surface area contributed by atoms with Crippen LogP contribution in [0.5, 0.6) is 0 Å². The van der Waals surface area contributed by atoms with Crippen LogP contribution in [0.3, 0.4) is 0 Å². The number of carbonyl (C=O) groups is 2. The molecule has 2 aromatic rings. The van der Waals surface area contributed by atoms with E-state index < -0.39 is 11.9 Å². The van der Waals surface area contributed by atoms with Gasteiger partial charge in [-0.1, -0.05) is 48.6 Å². The zero-order valence-corrected chi connectivity index (χ0v) is 14.7. The first-order valence-electron chi connectivity index (χ1n) is 8.25. The summed E-state index contributed by atoms with van der Waals surface area (Å²) < 4.78 is 0. The predicted molar refractivity (Wildman–Crippen MR) is 94.8 cm³/mol. The first-order valence-corrected chi connectivity index (χ1v) is 9.07. The molecule has 8 heteroatoms. The fraction of sp³-hybridized carbons (Fsp3) is 0.412. The molecule has 1 aliphatic heterocycles. The van der Waals surface area contributed by atoms with Gasteiger partial charge in [0.15, 0.2) is 0 Å². The Bertz CT molecular complexity index is 749. The van der Waals surface area contributed by atoms with Gasteiger partial charge in [0.2, 0.25) is 5.13 Å². The number of aromatic nitrogens is 2. The third-order valence-electron chi connectivity index (χ3n) is 4.39. The molecule has 0 aliphatic carbocycles. The van der Waals surface area contributed by atoms with E-state index >= 15 is 0 Å². The molecular weight excluding hydrogens is 340 g/mol. The average molecular weight is 360 g/mol. The Balaban J connectivity index is 1.65. The minimum absolute atomic E-state index is 0.146. The van der Waals surface area contributed by atoms with Gasteiger partial charge in [-0.25, -0.2) is 4.79 Å². The van der Waals surface area contributed by atoms with Crippen molar-refractivity contribution in [3.05, 3.63) is 40.9 Å². The van der Waals surface area contributed by atoms with Crippen molar-refractivity contribution in [1.82, 2.24) is 15.1 Å². The van der Waals surface area contributed by atoms with Gasteiger partial charge in [0.25, 0.3) is 0 Å². The second kappa shape index (κ2) is 7.60. The molecule has 0 saturated carbocycles. The van der Waals surface area contributed by atoms with E-state index in [1.807, 2.05) is 18.2 Å². The van der Waals surface area contributed by atoms with Crippen molar-refractivity contribution in [1.29, 1.82) is 0 Å². The smallest absolute Gasteiger partial charge is 0.323 e. The number of carbonyl (C=O) groups excluding carboxylic acids is 1. The topological polar surface area (TPSA) is 95.4 Å². The summed E-state index contributed by atoms with van der Waals surface area (Å²) in [5, 5.41) is 21.3. The zero-order valence-electron chi connectivity index (χ0n) is 13.9. The molecule has 2 amide bonds. The predicted octanol–water partition coefficient (Wildman–Crippen LogP) is 3.02. The number of anilines is 1. The van der Waals surface area contributed by atoms with E-state index in [1.165, 1.54) is 21.8 Å². The van der Waals surface area contributed by atoms with Crippen molar-refractivity contribution < 1.29 is 14.7 Å². The number of rotatable bonds is 5. The molecule has 25 heavy (non-hydrogen) atoms. The molecule has 1 aromatic carbocycles. The molecule has 1 aromatic heterocycles. The van der Waals surface area contributed by atoms with Crippen LogP contribution < -0.4 is 5.32 Å². The van der Waals surface area contributed by atoms with Crippen molar-refractivity contribution in [2.45, 2.75) is 25.7 Å². The van der Waals surface area contributed by atoms with Crippen molar-refractivity contribution in [3.8, 4) is 0 Å². The van der Waals surface area contributed by atoms with Gasteiger partial charge in [-0.2, -0.15) is 0 Å². The van der Waals surface area contributed by atoms with Gasteiger partial charge in [0.05, 0.1) is 5.92 Å². The van der Waals surface area contributed by atoms with Gasteiger partial charge in [-0.15, -0.1) is 10.2 Å². The molecule has 1 fully saturated rings. The van der Waals surface area contributed by atoms with Gasteiger partial charge in [0.1, 0.15) is 5.01 Å². The highest BCUT2D eigenvalue weighted by molar-refractivity contribution is 7.15. The maximum atomic E-state index is 12.3. The lowest BCUT2D eigenvalue weighted by atomic mass is 9.97. The summed E-state index contributed by atoms with van der Waals surface area (Å²) in [6.45, 7) is 2.76. The largest absolute Gasteiger partial charge is 0.481 e. The molecule has 132 valence electrons. The zero-order chi connectivity index (χ0) is 17.8. The van der Waals surface area contributed by atoms with Crippen LogP contribution in [0.1, 0.15) is 36.3 Å². The fourth-order valence-electron chi connectivity index (χ4n) is 2.98. The number of aliphatic carboxylic acids is 1. The number of nitrogens with zero attached hydrogens (tertiary/aromatic N) is 3. The van der Waals surface area contributed by atoms with Crippen molar-refractivity contribution in [3.63, 3.8) is 0 Å². The highest BCUT2D eigenvalue weighted by atomic mass is 32.1. The summed E-state index contributed by atoms with van der Waals surface area (Å²) in [4.78, 5) is 24.8. The third-order valence-corrected chi connectivity index (χ3v) is 5.34. The van der Waals surface area contributed by atoms with Crippen LogP contribution in [-0.4, -0.2) is 45.3 Å². The summed E-state index contributed by atoms with van der Waals surface area (Å²) in [6, 6.07) is 9.76. The second-order valence-corrected chi connectivity index (χ2v) is 7.03. The van der Waals surface area contributed by atoms with Gasteiger partial charge >= 0.3 is 12.0 Å². The molecule has 2 atom stereocenters. The number of benzene rings is 1. The van der Waals surface area contributed by atoms with Gasteiger partial charge in [0, 0.05) is 19.0 Å². The Labute approximate surface area is 149 Å². The monoisotopic (exact) mass is 360 g/mol. The van der Waals surface area contributed by atoms with E-state index in [9.17, 15) is 9.59 Å². The van der Waals surface area contributed by atoms with Crippen LogP contribution in [0.2, 0.25) is 0 Å². The Morgan fingerprint density at radius 3 is 2.76 bits per heavy atom. The molecule has 3 rings (SSSR count). The van der Waals surface area contributed by atoms with Crippen molar-refractivity contribution in [2.24, 2.45) is 5.92 Å². The van der Waals surface area contributed by atoms with Crippen LogP contribution in [0.4, 0.5) is 9.93 Å². The Morgan fingerprint density at radius 2 is 2.12 bits per heavy atom. The maximum Gasteiger partial charge on any atom is 0.323 e. The van der Waals surface area contributed by atoms with Crippen LogP contribution in [0.15, 0.2) is 30.3 Å². The summed E-state index contributed by atoms with van der Waals surface area (Å²) in [5.74, 6) is -1.20. The Kier molecular flexibility index (Phi) is 5.28. The van der Waals surface area contributed by atoms with E-state index in [-0.39, 0.29) is 18.5 Å². The molecule has 1 aliphatic rings. The van der Waals surface area contributed by atoms with Crippen LogP contribution >= 0.6 is 11.3 Å². The van der Waals surface area contributed by atoms with Crippen LogP contribution in [-0.2, 0) is 4.79 Å². The Morgan fingerprint density at radius 1 is 1.36 bits per heavy atom. The molecule has 2 N–H and O–H groups in total. The number of carboxylic acids is 1. The molecule has 1 saturated heterocycles. The molecule has 0 spiro atoms. The molecular formula is C17H20N4O3S. The fourth-order valence-corrected chi connectivity index (χ4v) is 3.93. The molecule has 7 nitrogen and oxygen atoms in total. The van der Waals surface area contributed by atoms with Crippen molar-refractivity contribution in [2.75, 3.05) is 18.4 Å². The summed E-state index contributed by atoms with van der Waals surface area (Å²) in [7, 11) is 0. The minimum atomic E-state index is -0.859. The van der Waals surface area contributed by atoms with E-state index in [4.69, 9.17) is 5.11 Å². The first kappa shape index (κ1) is 17.3. The average Bonchev–Trinajstić information content (AvgIpc) is 3.26. The van der Waals surface area contributed by atoms with Crippen LogP contribution in [0, 0.1) is 5.92 Å². The number of carboxylic acid groups (broad SMARTS) is 1. The van der Waals surface area contributed by atoms with Gasteiger partial charge in [-0.05, 0) is 18.4 Å². The standard InChI is InChI=1S/C17H20N4O3S/c1-2-13(11-6-4-3-5-7-11)14-19-20-16(25-14)18-17(24)21-9-8-12(10-21)15(22)23/h3-7,12-13H,2,8-10H2,1H3,(H,22,23)(H,18,20,24). The quantitative estimate of drug-likeness (QED) is 0.854. The van der Waals surface area contributed by atoms with Crippen molar-refractivity contribution >= 4 is 28.5 Å². The molecule has 0 bridgehead atoms. The number of hydrogen-bond acceptors (Lipinski definition) is 5. The lowest BCUT2D eigenvalue weighted by Crippen LogP contribution is -2.33. The lowest BCUT2D eigenvalue weighted by molar-refractivity contribution is -0.141. The van der Waals surface area contributed by atoms with E-state index in [0.717, 1.165) is 11.4 Å². The SMILES string of the molecule is CCC(c1ccccc1)c1nnc(NC(=O)N2CCC(C(=O)O)C2)s1.